The lowest BCUT2D eigenvalue weighted by Gasteiger charge is -2.22. The van der Waals surface area contributed by atoms with Crippen LogP contribution in [0.15, 0.2) is 0 Å². The van der Waals surface area contributed by atoms with E-state index in [2.05, 4.69) is 5.32 Å². The fourth-order valence-electron chi connectivity index (χ4n) is 1.32. The summed E-state index contributed by atoms with van der Waals surface area (Å²) in [7, 11) is 0. The first kappa shape index (κ1) is 16.2. The number of rotatable bonds is 8. The number of nitrogens with two attached hydrogens (primary N) is 1. The number of carbonyl (C=O) groups excluding carboxylic acids is 1. The van der Waals surface area contributed by atoms with Crippen molar-refractivity contribution in [3.63, 3.8) is 0 Å². The van der Waals surface area contributed by atoms with E-state index in [1.54, 1.807) is 18.7 Å². The number of carboxylic acid groups (broad SMARTS) is 1. The molecule has 0 aromatic rings. The number of amides is 1. The smallest absolute Gasteiger partial charge is 0.326 e. The van der Waals surface area contributed by atoms with Crippen molar-refractivity contribution in [1.29, 1.82) is 0 Å². The van der Waals surface area contributed by atoms with Gasteiger partial charge in [-0.05, 0) is 24.3 Å². The van der Waals surface area contributed by atoms with Gasteiger partial charge in [-0.3, -0.25) is 4.79 Å². The van der Waals surface area contributed by atoms with E-state index < -0.39 is 18.1 Å². The summed E-state index contributed by atoms with van der Waals surface area (Å²) in [6.45, 7) is 3.69. The Bertz CT molecular complexity index is 261. The van der Waals surface area contributed by atoms with Gasteiger partial charge < -0.3 is 16.2 Å². The second-order valence-corrected chi connectivity index (χ2v) is 5.08. The summed E-state index contributed by atoms with van der Waals surface area (Å²) in [5, 5.41) is 11.5. The van der Waals surface area contributed by atoms with Crippen LogP contribution in [0.1, 0.15) is 26.7 Å². The Labute approximate surface area is 107 Å². The van der Waals surface area contributed by atoms with Crippen molar-refractivity contribution in [2.24, 2.45) is 11.7 Å². The molecule has 0 heterocycles. The fourth-order valence-corrected chi connectivity index (χ4v) is 1.81. The Morgan fingerprint density at radius 2 is 2.06 bits per heavy atom. The standard InChI is InChI=1S/C11H22N2O3S/c1-4-7(2)9(11(15)16)13-10(14)8(12)5-6-17-3/h7-9H,4-6,12H2,1-3H3,(H,13,14)(H,15,16)/t7-,8+,9-/m1/s1. The molecule has 17 heavy (non-hydrogen) atoms. The van der Waals surface area contributed by atoms with Crippen LogP contribution < -0.4 is 11.1 Å². The Morgan fingerprint density at radius 3 is 2.47 bits per heavy atom. The highest BCUT2D eigenvalue weighted by Crippen LogP contribution is 2.08. The summed E-state index contributed by atoms with van der Waals surface area (Å²) in [5.41, 5.74) is 5.68. The molecule has 0 spiro atoms. The average Bonchev–Trinajstić information content (AvgIpc) is 2.31. The fraction of sp³-hybridized carbons (Fsp3) is 0.818. The molecule has 0 fully saturated rings. The van der Waals surface area contributed by atoms with E-state index in [4.69, 9.17) is 10.8 Å². The summed E-state index contributed by atoms with van der Waals surface area (Å²) in [6, 6.07) is -1.49. The number of carboxylic acids is 1. The largest absolute Gasteiger partial charge is 0.480 e. The molecule has 3 atom stereocenters. The second kappa shape index (κ2) is 8.36. The number of hydrogen-bond donors (Lipinski definition) is 3. The molecule has 0 aliphatic heterocycles. The molecule has 0 aromatic carbocycles. The molecular weight excluding hydrogens is 240 g/mol. The molecule has 0 unspecified atom stereocenters. The normalized spacial score (nSPS) is 16.0. The van der Waals surface area contributed by atoms with E-state index in [9.17, 15) is 9.59 Å². The predicted octanol–water partition coefficient (Wildman–Crippen LogP) is 0.682. The second-order valence-electron chi connectivity index (χ2n) is 4.10. The van der Waals surface area contributed by atoms with Crippen molar-refractivity contribution >= 4 is 23.6 Å². The molecule has 0 aliphatic carbocycles. The van der Waals surface area contributed by atoms with Crippen LogP contribution in [-0.4, -0.2) is 41.1 Å². The van der Waals surface area contributed by atoms with Crippen molar-refractivity contribution in [3.05, 3.63) is 0 Å². The minimum Gasteiger partial charge on any atom is -0.480 e. The molecule has 0 saturated heterocycles. The first-order valence-corrected chi connectivity index (χ1v) is 7.11. The van der Waals surface area contributed by atoms with Crippen LogP contribution in [0.2, 0.25) is 0 Å². The third kappa shape index (κ3) is 5.93. The Hall–Kier alpha value is -0.750. The Kier molecular flexibility index (Phi) is 7.99. The van der Waals surface area contributed by atoms with Gasteiger partial charge in [0.1, 0.15) is 6.04 Å². The molecule has 0 rings (SSSR count). The van der Waals surface area contributed by atoms with Crippen LogP contribution in [0.5, 0.6) is 0 Å². The van der Waals surface area contributed by atoms with Crippen LogP contribution in [0.25, 0.3) is 0 Å². The van der Waals surface area contributed by atoms with E-state index in [0.717, 1.165) is 5.75 Å². The average molecular weight is 262 g/mol. The zero-order valence-corrected chi connectivity index (χ0v) is 11.4. The van der Waals surface area contributed by atoms with Gasteiger partial charge in [0.2, 0.25) is 5.91 Å². The number of aliphatic carboxylic acids is 1. The number of thioether (sulfide) groups is 1. The SMILES string of the molecule is CC[C@@H](C)[C@@H](NC(=O)[C@@H](N)CCSC)C(=O)O. The topological polar surface area (TPSA) is 92.4 Å². The number of carbonyl (C=O) groups is 2. The van der Waals surface area contributed by atoms with Gasteiger partial charge in [-0.15, -0.1) is 0 Å². The lowest BCUT2D eigenvalue weighted by molar-refractivity contribution is -0.143. The van der Waals surface area contributed by atoms with Crippen molar-refractivity contribution in [1.82, 2.24) is 5.32 Å². The summed E-state index contributed by atoms with van der Waals surface area (Å²) in [6.07, 6.45) is 3.18. The van der Waals surface area contributed by atoms with E-state index >= 15 is 0 Å². The van der Waals surface area contributed by atoms with Gasteiger partial charge in [-0.1, -0.05) is 20.3 Å². The third-order valence-corrected chi connectivity index (χ3v) is 3.39. The lowest BCUT2D eigenvalue weighted by Crippen LogP contribution is -2.51. The quantitative estimate of drug-likeness (QED) is 0.598. The Morgan fingerprint density at radius 1 is 1.47 bits per heavy atom. The molecule has 6 heteroatoms. The van der Waals surface area contributed by atoms with Crippen molar-refractivity contribution in [3.8, 4) is 0 Å². The first-order valence-electron chi connectivity index (χ1n) is 5.71. The van der Waals surface area contributed by atoms with Crippen LogP contribution in [0.3, 0.4) is 0 Å². The molecule has 0 aromatic heterocycles. The molecule has 0 saturated carbocycles. The van der Waals surface area contributed by atoms with E-state index in [0.29, 0.717) is 12.8 Å². The highest BCUT2D eigenvalue weighted by Gasteiger charge is 2.27. The Balaban J connectivity index is 4.35. The van der Waals surface area contributed by atoms with Gasteiger partial charge in [0.05, 0.1) is 6.04 Å². The maximum atomic E-state index is 11.7. The van der Waals surface area contributed by atoms with Gasteiger partial charge >= 0.3 is 5.97 Å². The van der Waals surface area contributed by atoms with Gasteiger partial charge in [0.25, 0.3) is 0 Å². The highest BCUT2D eigenvalue weighted by molar-refractivity contribution is 7.98. The summed E-state index contributed by atoms with van der Waals surface area (Å²) in [5.74, 6) is -0.712. The van der Waals surface area contributed by atoms with Crippen LogP contribution in [0.4, 0.5) is 0 Å². The summed E-state index contributed by atoms with van der Waals surface area (Å²) >= 11 is 1.61. The maximum absolute atomic E-state index is 11.7. The molecule has 0 aliphatic rings. The molecule has 0 bridgehead atoms. The monoisotopic (exact) mass is 262 g/mol. The number of nitrogens with one attached hydrogen (secondary N) is 1. The van der Waals surface area contributed by atoms with E-state index in [1.165, 1.54) is 0 Å². The van der Waals surface area contributed by atoms with Gasteiger partial charge in [0, 0.05) is 0 Å². The minimum absolute atomic E-state index is 0.107. The molecule has 5 nitrogen and oxygen atoms in total. The van der Waals surface area contributed by atoms with Crippen LogP contribution in [0, 0.1) is 5.92 Å². The highest BCUT2D eigenvalue weighted by atomic mass is 32.2. The summed E-state index contributed by atoms with van der Waals surface area (Å²) in [4.78, 5) is 22.7. The molecule has 1 amide bonds. The molecule has 100 valence electrons. The van der Waals surface area contributed by atoms with Crippen molar-refractivity contribution in [2.45, 2.75) is 38.8 Å². The van der Waals surface area contributed by atoms with Crippen molar-refractivity contribution in [2.75, 3.05) is 12.0 Å². The van der Waals surface area contributed by atoms with Gasteiger partial charge in [0.15, 0.2) is 0 Å². The zero-order valence-electron chi connectivity index (χ0n) is 10.6. The van der Waals surface area contributed by atoms with Gasteiger partial charge in [-0.2, -0.15) is 11.8 Å². The van der Waals surface area contributed by atoms with E-state index in [-0.39, 0.29) is 11.8 Å². The summed E-state index contributed by atoms with van der Waals surface area (Å²) < 4.78 is 0. The van der Waals surface area contributed by atoms with Gasteiger partial charge in [-0.25, -0.2) is 4.79 Å². The van der Waals surface area contributed by atoms with E-state index in [1.807, 2.05) is 13.2 Å². The lowest BCUT2D eigenvalue weighted by atomic mass is 9.99. The van der Waals surface area contributed by atoms with Crippen molar-refractivity contribution < 1.29 is 14.7 Å². The maximum Gasteiger partial charge on any atom is 0.326 e. The van der Waals surface area contributed by atoms with Crippen LogP contribution in [-0.2, 0) is 9.59 Å². The number of hydrogen-bond acceptors (Lipinski definition) is 4. The third-order valence-electron chi connectivity index (χ3n) is 2.75. The predicted molar refractivity (Wildman–Crippen MR) is 70.0 cm³/mol. The zero-order chi connectivity index (χ0) is 13.4. The molecule has 4 N–H and O–H groups in total. The minimum atomic E-state index is -1.01. The first-order chi connectivity index (χ1) is 7.93. The molecule has 0 radical (unpaired) electrons. The molecular formula is C11H22N2O3S. The van der Waals surface area contributed by atoms with Crippen LogP contribution >= 0.6 is 11.8 Å².